The van der Waals surface area contributed by atoms with Crippen molar-refractivity contribution in [3.8, 4) is 22.5 Å². The summed E-state index contributed by atoms with van der Waals surface area (Å²) in [5.41, 5.74) is 10.2. The minimum Gasteiger partial charge on any atom is -0.452 e. The molecule has 1 amide bonds. The van der Waals surface area contributed by atoms with Gasteiger partial charge in [-0.15, -0.1) is 0 Å². The largest absolute Gasteiger partial charge is 0.452 e. The van der Waals surface area contributed by atoms with Crippen LogP contribution in [-0.4, -0.2) is 44.9 Å². The Morgan fingerprint density at radius 1 is 1.18 bits per heavy atom. The summed E-state index contributed by atoms with van der Waals surface area (Å²) < 4.78 is 22.4. The highest BCUT2D eigenvalue weighted by Gasteiger charge is 2.23. The average molecular weight is 480 g/mol. The first-order valence-electron chi connectivity index (χ1n) is 11.1. The van der Waals surface area contributed by atoms with Crippen LogP contribution >= 0.6 is 0 Å². The summed E-state index contributed by atoms with van der Waals surface area (Å²) in [6, 6.07) is 9.77. The van der Waals surface area contributed by atoms with Gasteiger partial charge < -0.3 is 15.1 Å². The third-order valence-corrected chi connectivity index (χ3v) is 6.81. The Balaban J connectivity index is 1.44. The fourth-order valence-electron chi connectivity index (χ4n) is 4.43. The Hall–Kier alpha value is -3.66. The summed E-state index contributed by atoms with van der Waals surface area (Å²) in [7, 11) is -1.47. The zero-order valence-electron chi connectivity index (χ0n) is 19.1. The average Bonchev–Trinajstić information content (AvgIpc) is 3.48. The van der Waals surface area contributed by atoms with Crippen molar-refractivity contribution in [2.45, 2.75) is 25.8 Å². The van der Waals surface area contributed by atoms with Crippen molar-refractivity contribution in [1.82, 2.24) is 19.7 Å². The van der Waals surface area contributed by atoms with E-state index in [1.54, 1.807) is 19.4 Å². The van der Waals surface area contributed by atoms with E-state index in [1.807, 2.05) is 52.3 Å². The molecule has 1 saturated heterocycles. The number of likely N-dealkylation sites (tertiary alicyclic amines) is 1. The number of nitrogens with one attached hydrogen (secondary N) is 1. The number of amides is 1. The molecule has 3 N–H and O–H groups in total. The van der Waals surface area contributed by atoms with E-state index >= 15 is 0 Å². The second kappa shape index (κ2) is 8.94. The molecule has 0 spiro atoms. The van der Waals surface area contributed by atoms with Crippen molar-refractivity contribution < 1.29 is 13.4 Å². The molecule has 9 nitrogen and oxygen atoms in total. The van der Waals surface area contributed by atoms with Gasteiger partial charge >= 0.3 is 0 Å². The first kappa shape index (κ1) is 22.1. The van der Waals surface area contributed by atoms with Gasteiger partial charge in [-0.1, -0.05) is 4.21 Å². The molecule has 4 aromatic rings. The number of nitrogens with two attached hydrogens (primary N) is 1. The third kappa shape index (κ3) is 4.28. The number of aromatic nitrogens is 3. The van der Waals surface area contributed by atoms with Crippen molar-refractivity contribution >= 4 is 39.4 Å². The van der Waals surface area contributed by atoms with Crippen LogP contribution in [0.1, 0.15) is 25.8 Å². The number of benzene rings is 1. The van der Waals surface area contributed by atoms with Crippen molar-refractivity contribution in [2.75, 3.05) is 29.8 Å². The first-order valence-corrected chi connectivity index (χ1v) is 12.9. The van der Waals surface area contributed by atoms with Crippen LogP contribution in [0.3, 0.4) is 0 Å². The number of furan rings is 1. The van der Waals surface area contributed by atoms with Gasteiger partial charge in [0, 0.05) is 54.5 Å². The summed E-state index contributed by atoms with van der Waals surface area (Å²) in [5.74, 6) is 1.13. The normalized spacial score (nSPS) is 15.5. The number of carbonyl (C=O) groups excluding carboxylic acids is 1. The maximum absolute atomic E-state index is 11.6. The van der Waals surface area contributed by atoms with Crippen molar-refractivity contribution in [3.63, 3.8) is 0 Å². The Morgan fingerprint density at radius 2 is 1.91 bits per heavy atom. The second-order valence-electron chi connectivity index (χ2n) is 8.54. The lowest BCUT2D eigenvalue weighted by Gasteiger charge is -2.31. The molecule has 1 aliphatic heterocycles. The molecule has 0 radical (unpaired) electrons. The zero-order valence-corrected chi connectivity index (χ0v) is 20.0. The van der Waals surface area contributed by atoms with Crippen LogP contribution in [0.15, 0.2) is 53.3 Å². The molecule has 34 heavy (non-hydrogen) atoms. The highest BCUT2D eigenvalue weighted by Crippen LogP contribution is 2.37. The maximum atomic E-state index is 11.6. The zero-order chi connectivity index (χ0) is 23.8. The number of carbonyl (C=O) groups is 1. The minimum absolute atomic E-state index is 0.123. The van der Waals surface area contributed by atoms with Gasteiger partial charge in [0.2, 0.25) is 5.91 Å². The van der Waals surface area contributed by atoms with Crippen LogP contribution in [0.25, 0.3) is 33.4 Å². The van der Waals surface area contributed by atoms with Gasteiger partial charge in [0.15, 0.2) is 22.4 Å². The molecule has 1 aromatic carbocycles. The quantitative estimate of drug-likeness (QED) is 0.332. The van der Waals surface area contributed by atoms with Crippen molar-refractivity contribution in [3.05, 3.63) is 48.9 Å². The molecule has 10 heteroatoms. The molecule has 1 fully saturated rings. The van der Waals surface area contributed by atoms with Gasteiger partial charge in [-0.25, -0.2) is 9.71 Å². The van der Waals surface area contributed by atoms with Crippen LogP contribution in [-0.2, 0) is 20.0 Å². The molecule has 4 heterocycles. The molecule has 3 aromatic heterocycles. The van der Waals surface area contributed by atoms with Crippen LogP contribution < -0.4 is 10.5 Å². The van der Waals surface area contributed by atoms with Gasteiger partial charge in [0.1, 0.15) is 12.0 Å². The predicted molar refractivity (Wildman–Crippen MR) is 135 cm³/mol. The van der Waals surface area contributed by atoms with Gasteiger partial charge in [-0.3, -0.25) is 9.48 Å². The Morgan fingerprint density at radius 3 is 2.59 bits per heavy atom. The maximum Gasteiger partial charge on any atom is 0.219 e. The fourth-order valence-corrected chi connectivity index (χ4v) is 4.94. The van der Waals surface area contributed by atoms with E-state index in [0.717, 1.165) is 53.7 Å². The van der Waals surface area contributed by atoms with E-state index < -0.39 is 11.0 Å². The highest BCUT2D eigenvalue weighted by atomic mass is 32.2. The van der Waals surface area contributed by atoms with Crippen LogP contribution in [0.2, 0.25) is 0 Å². The fraction of sp³-hybridized carbons (Fsp3) is 0.292. The Labute approximate surface area is 199 Å². The Kier molecular flexibility index (Phi) is 5.82. The molecule has 1 unspecified atom stereocenters. The molecule has 1 atom stereocenters. The number of rotatable bonds is 5. The topological polar surface area (TPSA) is 119 Å². The molecule has 0 saturated carbocycles. The molecular formula is C24H27N6O3S+. The Bertz CT molecular complexity index is 1370. The lowest BCUT2D eigenvalue weighted by Crippen LogP contribution is -2.37. The number of nitrogen functional groups attached to an aromatic ring is 1. The summed E-state index contributed by atoms with van der Waals surface area (Å²) in [6.07, 6.45) is 8.99. The van der Waals surface area contributed by atoms with Crippen LogP contribution in [0, 0.1) is 0 Å². The standard InChI is InChI=1S/C24H26N6O3S/c1-15(31)29-9-7-19(8-10-29)30-14-17(12-27-30)21-13-26-24(25)23-20(21)11-22(33-23)16-3-5-18(6-4-16)28-34(2)32/h3-6,11-14,19H,7-10H2,1-2H3,(H2,25,26)(H,28,32)/p+1. The van der Waals surface area contributed by atoms with E-state index in [1.165, 1.54) is 0 Å². The highest BCUT2D eigenvalue weighted by molar-refractivity contribution is 7.85. The number of anilines is 2. The van der Waals surface area contributed by atoms with E-state index in [0.29, 0.717) is 17.2 Å². The number of nitrogens with zero attached hydrogens (tertiary/aromatic N) is 4. The third-order valence-electron chi connectivity index (χ3n) is 6.24. The molecular weight excluding hydrogens is 452 g/mol. The minimum atomic E-state index is -1.47. The van der Waals surface area contributed by atoms with E-state index in [4.69, 9.17) is 10.2 Å². The molecule has 0 bridgehead atoms. The molecule has 1 aliphatic rings. The van der Waals surface area contributed by atoms with Crippen molar-refractivity contribution in [1.29, 1.82) is 0 Å². The lowest BCUT2D eigenvalue weighted by atomic mass is 10.0. The van der Waals surface area contributed by atoms with Gasteiger partial charge in [0.25, 0.3) is 0 Å². The molecule has 0 aliphatic carbocycles. The van der Waals surface area contributed by atoms with E-state index in [-0.39, 0.29) is 11.9 Å². The number of fused-ring (bicyclic) bond motifs is 1. The van der Waals surface area contributed by atoms with Gasteiger partial charge in [-0.2, -0.15) is 5.10 Å². The number of hydrogen-bond acceptors (Lipinski definition) is 6. The van der Waals surface area contributed by atoms with Gasteiger partial charge in [0.05, 0.1) is 17.9 Å². The summed E-state index contributed by atoms with van der Waals surface area (Å²) >= 11 is 0. The van der Waals surface area contributed by atoms with Crippen LogP contribution in [0.5, 0.6) is 0 Å². The first-order chi connectivity index (χ1) is 16.4. The molecule has 176 valence electrons. The number of hydrogen-bond donors (Lipinski definition) is 2. The van der Waals surface area contributed by atoms with Crippen molar-refractivity contribution in [2.24, 2.45) is 0 Å². The summed E-state index contributed by atoms with van der Waals surface area (Å²) in [6.45, 7) is 3.11. The smallest absolute Gasteiger partial charge is 0.219 e. The second-order valence-corrected chi connectivity index (χ2v) is 9.76. The van der Waals surface area contributed by atoms with E-state index in [2.05, 4.69) is 14.8 Å². The SMILES string of the molecule is CC(=O)N1CCC(n2cc(-c3cnc(N)c4oc(-c5ccc(N[SH+](C)=O)cc5)cc34)cn2)CC1. The number of pyridine rings is 1. The molecule has 5 rings (SSSR count). The van der Waals surface area contributed by atoms with Crippen LogP contribution in [0.4, 0.5) is 11.5 Å². The lowest BCUT2D eigenvalue weighted by molar-refractivity contribution is -0.130. The monoisotopic (exact) mass is 479 g/mol. The number of thiol groups is 1. The summed E-state index contributed by atoms with van der Waals surface area (Å²) in [4.78, 5) is 17.8. The summed E-state index contributed by atoms with van der Waals surface area (Å²) in [5, 5.41) is 5.47. The predicted octanol–water partition coefficient (Wildman–Crippen LogP) is 3.78. The van der Waals surface area contributed by atoms with E-state index in [9.17, 15) is 9.00 Å². The van der Waals surface area contributed by atoms with Gasteiger partial charge in [-0.05, 0) is 43.2 Å². The number of piperidine rings is 1.